The summed E-state index contributed by atoms with van der Waals surface area (Å²) in [5.74, 6) is 1.41. The van der Waals surface area contributed by atoms with Gasteiger partial charge in [-0.3, -0.25) is 4.79 Å². The van der Waals surface area contributed by atoms with Crippen LogP contribution in [0, 0.1) is 6.92 Å². The molecular weight excluding hydrogens is 246 g/mol. The maximum absolute atomic E-state index is 11.6. The number of aromatic nitrogens is 3. The third kappa shape index (κ3) is 3.38. The van der Waals surface area contributed by atoms with Crippen LogP contribution in [-0.2, 0) is 0 Å². The molecule has 0 aromatic carbocycles. The van der Waals surface area contributed by atoms with E-state index in [0.717, 1.165) is 0 Å². The number of anilines is 2. The lowest BCUT2D eigenvalue weighted by Crippen LogP contribution is -2.24. The fraction of sp³-hybridized carbons (Fsp3) is 0.167. The standard InChI is InChI=1S/C12H13N5O2/c1-3-6-13-12(18)9-4-5-10(16-15-9)14-11-7-8(2)19-17-11/h3-5,7H,1,6H2,2H3,(H,13,18)(H,14,16,17). The van der Waals surface area contributed by atoms with Crippen LogP contribution in [0.15, 0.2) is 35.4 Å². The van der Waals surface area contributed by atoms with E-state index in [1.165, 1.54) is 0 Å². The topological polar surface area (TPSA) is 92.9 Å². The second-order valence-corrected chi connectivity index (χ2v) is 3.75. The summed E-state index contributed by atoms with van der Waals surface area (Å²) >= 11 is 0. The lowest BCUT2D eigenvalue weighted by atomic mass is 10.3. The highest BCUT2D eigenvalue weighted by Crippen LogP contribution is 2.13. The molecule has 98 valence electrons. The van der Waals surface area contributed by atoms with Gasteiger partial charge in [-0.1, -0.05) is 11.2 Å². The van der Waals surface area contributed by atoms with Gasteiger partial charge in [0.05, 0.1) is 0 Å². The number of rotatable bonds is 5. The van der Waals surface area contributed by atoms with E-state index >= 15 is 0 Å². The van der Waals surface area contributed by atoms with Gasteiger partial charge in [0.25, 0.3) is 5.91 Å². The van der Waals surface area contributed by atoms with Crippen LogP contribution in [0.1, 0.15) is 16.2 Å². The Morgan fingerprint density at radius 3 is 2.84 bits per heavy atom. The first-order chi connectivity index (χ1) is 9.19. The highest BCUT2D eigenvalue weighted by atomic mass is 16.5. The van der Waals surface area contributed by atoms with Gasteiger partial charge in [-0.05, 0) is 19.1 Å². The van der Waals surface area contributed by atoms with E-state index in [-0.39, 0.29) is 11.6 Å². The van der Waals surface area contributed by atoms with Gasteiger partial charge in [0, 0.05) is 12.6 Å². The average molecular weight is 259 g/mol. The minimum Gasteiger partial charge on any atom is -0.360 e. The van der Waals surface area contributed by atoms with Crippen LogP contribution in [0.4, 0.5) is 11.6 Å². The van der Waals surface area contributed by atoms with Crippen LogP contribution in [0.2, 0.25) is 0 Å². The molecule has 0 radical (unpaired) electrons. The number of carbonyl (C=O) groups excluding carboxylic acids is 1. The van der Waals surface area contributed by atoms with Gasteiger partial charge in [0.1, 0.15) is 5.76 Å². The van der Waals surface area contributed by atoms with Crippen molar-refractivity contribution in [3.8, 4) is 0 Å². The summed E-state index contributed by atoms with van der Waals surface area (Å²) in [4.78, 5) is 11.6. The Morgan fingerprint density at radius 1 is 1.42 bits per heavy atom. The molecule has 0 spiro atoms. The van der Waals surface area contributed by atoms with E-state index in [1.54, 1.807) is 31.2 Å². The van der Waals surface area contributed by atoms with Crippen molar-refractivity contribution in [3.63, 3.8) is 0 Å². The van der Waals surface area contributed by atoms with Gasteiger partial charge < -0.3 is 15.2 Å². The van der Waals surface area contributed by atoms with Crippen molar-refractivity contribution in [2.45, 2.75) is 6.92 Å². The van der Waals surface area contributed by atoms with Gasteiger partial charge in [-0.25, -0.2) is 0 Å². The molecule has 7 nitrogen and oxygen atoms in total. The van der Waals surface area contributed by atoms with Gasteiger partial charge >= 0.3 is 0 Å². The highest BCUT2D eigenvalue weighted by Gasteiger charge is 2.07. The number of carbonyl (C=O) groups is 1. The summed E-state index contributed by atoms with van der Waals surface area (Å²) in [6, 6.07) is 4.94. The van der Waals surface area contributed by atoms with Crippen LogP contribution in [0.5, 0.6) is 0 Å². The molecule has 0 bridgehead atoms. The molecule has 0 saturated heterocycles. The first-order valence-electron chi connectivity index (χ1n) is 5.62. The van der Waals surface area contributed by atoms with Crippen molar-refractivity contribution in [2.24, 2.45) is 0 Å². The normalized spacial score (nSPS) is 9.95. The zero-order chi connectivity index (χ0) is 13.7. The maximum atomic E-state index is 11.6. The third-order valence-electron chi connectivity index (χ3n) is 2.19. The number of aryl methyl sites for hydroxylation is 1. The predicted octanol–water partition coefficient (Wildman–Crippen LogP) is 1.43. The van der Waals surface area contributed by atoms with Gasteiger partial charge in [-0.2, -0.15) is 0 Å². The molecule has 2 rings (SSSR count). The SMILES string of the molecule is C=CCNC(=O)c1ccc(Nc2cc(C)on2)nn1. The fourth-order valence-electron chi connectivity index (χ4n) is 1.33. The molecular formula is C12H13N5O2. The zero-order valence-electron chi connectivity index (χ0n) is 10.4. The minimum atomic E-state index is -0.295. The molecule has 0 aliphatic rings. The summed E-state index contributed by atoms with van der Waals surface area (Å²) in [5.41, 5.74) is 0.240. The Balaban J connectivity index is 2.01. The molecule has 7 heteroatoms. The first-order valence-corrected chi connectivity index (χ1v) is 5.62. The van der Waals surface area contributed by atoms with Gasteiger partial charge in [0.2, 0.25) is 0 Å². The molecule has 2 aromatic rings. The summed E-state index contributed by atoms with van der Waals surface area (Å²) in [6.07, 6.45) is 1.59. The maximum Gasteiger partial charge on any atom is 0.272 e. The third-order valence-corrected chi connectivity index (χ3v) is 2.19. The Morgan fingerprint density at radius 2 is 2.26 bits per heavy atom. The number of hydrogen-bond acceptors (Lipinski definition) is 6. The molecule has 0 aliphatic carbocycles. The summed E-state index contributed by atoms with van der Waals surface area (Å²) in [7, 11) is 0. The average Bonchev–Trinajstić information content (AvgIpc) is 2.82. The molecule has 2 aromatic heterocycles. The number of nitrogens with zero attached hydrogens (tertiary/aromatic N) is 3. The Labute approximate surface area is 109 Å². The van der Waals surface area contributed by atoms with E-state index in [0.29, 0.717) is 23.9 Å². The van der Waals surface area contributed by atoms with Crippen molar-refractivity contribution < 1.29 is 9.32 Å². The number of hydrogen-bond donors (Lipinski definition) is 2. The number of nitrogens with one attached hydrogen (secondary N) is 2. The Hall–Kier alpha value is -2.70. The summed E-state index contributed by atoms with van der Waals surface area (Å²) in [6.45, 7) is 5.69. The van der Waals surface area contributed by atoms with Crippen LogP contribution < -0.4 is 10.6 Å². The molecule has 0 fully saturated rings. The van der Waals surface area contributed by atoms with E-state index in [4.69, 9.17) is 4.52 Å². The minimum absolute atomic E-state index is 0.240. The van der Waals surface area contributed by atoms with Crippen LogP contribution >= 0.6 is 0 Å². The van der Waals surface area contributed by atoms with Crippen molar-refractivity contribution in [1.29, 1.82) is 0 Å². The lowest BCUT2D eigenvalue weighted by Gasteiger charge is -2.02. The van der Waals surface area contributed by atoms with Crippen molar-refractivity contribution >= 4 is 17.5 Å². The number of amides is 1. The van der Waals surface area contributed by atoms with Crippen molar-refractivity contribution in [3.05, 3.63) is 42.3 Å². The molecule has 0 aliphatic heterocycles. The molecule has 1 amide bonds. The largest absolute Gasteiger partial charge is 0.360 e. The second-order valence-electron chi connectivity index (χ2n) is 3.75. The summed E-state index contributed by atoms with van der Waals surface area (Å²) < 4.78 is 4.91. The van der Waals surface area contributed by atoms with Crippen LogP contribution in [0.25, 0.3) is 0 Å². The Bertz CT molecular complexity index is 576. The first kappa shape index (κ1) is 12.7. The molecule has 0 saturated carbocycles. The van der Waals surface area contributed by atoms with Crippen LogP contribution in [-0.4, -0.2) is 27.8 Å². The van der Waals surface area contributed by atoms with Crippen molar-refractivity contribution in [2.75, 3.05) is 11.9 Å². The molecule has 0 atom stereocenters. The lowest BCUT2D eigenvalue weighted by molar-refractivity contribution is 0.0952. The molecule has 19 heavy (non-hydrogen) atoms. The second kappa shape index (κ2) is 5.76. The molecule has 0 unspecified atom stereocenters. The van der Waals surface area contributed by atoms with Gasteiger partial charge in [-0.15, -0.1) is 16.8 Å². The summed E-state index contributed by atoms with van der Waals surface area (Å²) in [5, 5.41) is 17.0. The quantitative estimate of drug-likeness (QED) is 0.789. The van der Waals surface area contributed by atoms with E-state index in [9.17, 15) is 4.79 Å². The monoisotopic (exact) mass is 259 g/mol. The molecule has 2 N–H and O–H groups in total. The van der Waals surface area contributed by atoms with Crippen molar-refractivity contribution in [1.82, 2.24) is 20.7 Å². The fourth-order valence-corrected chi connectivity index (χ4v) is 1.33. The van der Waals surface area contributed by atoms with Crippen LogP contribution in [0.3, 0.4) is 0 Å². The van der Waals surface area contributed by atoms with Gasteiger partial charge in [0.15, 0.2) is 17.3 Å². The van der Waals surface area contributed by atoms with E-state index in [1.807, 2.05) is 0 Å². The zero-order valence-corrected chi connectivity index (χ0v) is 10.4. The Kier molecular flexibility index (Phi) is 3.87. The predicted molar refractivity (Wildman–Crippen MR) is 69.1 cm³/mol. The molecule has 2 heterocycles. The van der Waals surface area contributed by atoms with E-state index in [2.05, 4.69) is 32.6 Å². The van der Waals surface area contributed by atoms with E-state index < -0.39 is 0 Å². The smallest absolute Gasteiger partial charge is 0.272 e. The highest BCUT2D eigenvalue weighted by molar-refractivity contribution is 5.92.